The molecule has 1 aromatic heterocycles. The van der Waals surface area contributed by atoms with Gasteiger partial charge in [0.05, 0.1) is 5.69 Å². The summed E-state index contributed by atoms with van der Waals surface area (Å²) in [5.41, 5.74) is 1.53. The van der Waals surface area contributed by atoms with Crippen LogP contribution in [-0.4, -0.2) is 22.9 Å². The number of nitrogens with zero attached hydrogens (tertiary/aromatic N) is 3. The molecule has 0 saturated carbocycles. The predicted molar refractivity (Wildman–Crippen MR) is 97.0 cm³/mol. The van der Waals surface area contributed by atoms with Crippen LogP contribution in [0, 0.1) is 24.5 Å². The lowest BCUT2D eigenvalue weighted by molar-refractivity contribution is 0.463. The molecule has 1 aromatic carbocycles. The summed E-state index contributed by atoms with van der Waals surface area (Å²) in [5, 5.41) is 4.40. The normalized spacial score (nSPS) is 11.2. The Balaban J connectivity index is 2.79. The fourth-order valence-corrected chi connectivity index (χ4v) is 2.96. The highest BCUT2D eigenvalue weighted by Gasteiger charge is 2.21. The minimum atomic E-state index is -0.684. The highest BCUT2D eigenvalue weighted by Crippen LogP contribution is 2.28. The Morgan fingerprint density at radius 1 is 1.20 bits per heavy atom. The summed E-state index contributed by atoms with van der Waals surface area (Å²) in [6, 6.07) is 3.41. The lowest BCUT2D eigenvalue weighted by Crippen LogP contribution is -2.35. The van der Waals surface area contributed by atoms with Crippen LogP contribution in [0.15, 0.2) is 23.0 Å². The van der Waals surface area contributed by atoms with Crippen molar-refractivity contribution < 1.29 is 8.78 Å². The molecule has 2 rings (SSSR count). The number of hydrogen-bond acceptors (Lipinski definition) is 3. The van der Waals surface area contributed by atoms with Crippen LogP contribution in [0.2, 0.25) is 0 Å². The first-order valence-corrected chi connectivity index (χ1v) is 8.62. The van der Waals surface area contributed by atoms with Crippen LogP contribution in [0.25, 0.3) is 11.3 Å². The van der Waals surface area contributed by atoms with Gasteiger partial charge in [0, 0.05) is 36.8 Å². The number of hydrogen-bond donors (Lipinski definition) is 0. The van der Waals surface area contributed by atoms with Crippen molar-refractivity contribution in [2.24, 2.45) is 5.92 Å². The van der Waals surface area contributed by atoms with E-state index in [0.29, 0.717) is 36.6 Å². The van der Waals surface area contributed by atoms with E-state index >= 15 is 0 Å². The van der Waals surface area contributed by atoms with E-state index in [1.807, 2.05) is 32.6 Å². The Kier molecular flexibility index (Phi) is 5.93. The van der Waals surface area contributed by atoms with Gasteiger partial charge in [-0.25, -0.2) is 13.5 Å². The minimum absolute atomic E-state index is 0.179. The molecule has 0 bridgehead atoms. The quantitative estimate of drug-likeness (QED) is 0.791. The second-order valence-electron chi connectivity index (χ2n) is 6.50. The van der Waals surface area contributed by atoms with Gasteiger partial charge < -0.3 is 4.90 Å². The Hall–Kier alpha value is -2.24. The Morgan fingerprint density at radius 3 is 2.36 bits per heavy atom. The minimum Gasteiger partial charge on any atom is -0.367 e. The van der Waals surface area contributed by atoms with Crippen LogP contribution in [0.3, 0.4) is 0 Å². The van der Waals surface area contributed by atoms with Crippen LogP contribution < -0.4 is 10.5 Å². The maximum atomic E-state index is 14.3. The van der Waals surface area contributed by atoms with Gasteiger partial charge in [0.1, 0.15) is 17.3 Å². The van der Waals surface area contributed by atoms with E-state index in [0.717, 1.165) is 6.07 Å². The fourth-order valence-electron chi connectivity index (χ4n) is 2.96. The Morgan fingerprint density at radius 2 is 1.84 bits per heavy atom. The van der Waals surface area contributed by atoms with Crippen molar-refractivity contribution in [3.05, 3.63) is 45.8 Å². The number of halogens is 2. The number of aromatic nitrogens is 2. The van der Waals surface area contributed by atoms with Gasteiger partial charge in [0.2, 0.25) is 0 Å². The van der Waals surface area contributed by atoms with Gasteiger partial charge in [-0.15, -0.1) is 0 Å². The molecule has 4 nitrogen and oxygen atoms in total. The van der Waals surface area contributed by atoms with E-state index in [4.69, 9.17) is 0 Å². The third-order valence-electron chi connectivity index (χ3n) is 4.17. The number of rotatable bonds is 6. The predicted octanol–water partition coefficient (Wildman–Crippen LogP) is 4.00. The zero-order valence-electron chi connectivity index (χ0n) is 15.4. The van der Waals surface area contributed by atoms with Gasteiger partial charge in [-0.2, -0.15) is 5.10 Å². The van der Waals surface area contributed by atoms with Gasteiger partial charge in [0.25, 0.3) is 5.56 Å². The van der Waals surface area contributed by atoms with Crippen molar-refractivity contribution in [1.82, 2.24) is 9.78 Å². The zero-order chi connectivity index (χ0) is 18.7. The molecule has 0 atom stereocenters. The average molecular weight is 349 g/mol. The van der Waals surface area contributed by atoms with Crippen molar-refractivity contribution >= 4 is 5.69 Å². The molecule has 0 aliphatic carbocycles. The first-order valence-electron chi connectivity index (χ1n) is 8.62. The van der Waals surface area contributed by atoms with Crippen LogP contribution in [0.5, 0.6) is 0 Å². The molecule has 0 unspecified atom stereocenters. The Labute approximate surface area is 147 Å². The molecule has 0 aliphatic heterocycles. The summed E-state index contributed by atoms with van der Waals surface area (Å²) in [6.45, 7) is 11.4. The third kappa shape index (κ3) is 3.89. The van der Waals surface area contributed by atoms with Crippen molar-refractivity contribution in [2.75, 3.05) is 18.0 Å². The van der Waals surface area contributed by atoms with Crippen molar-refractivity contribution in [3.63, 3.8) is 0 Å². The van der Waals surface area contributed by atoms with E-state index in [9.17, 15) is 13.6 Å². The average Bonchev–Trinajstić information content (AvgIpc) is 2.54. The SMILES string of the molecule is CCN(CC)c1c(C)c(-c2ccc(F)cc2F)nn(CC(C)C)c1=O. The summed E-state index contributed by atoms with van der Waals surface area (Å²) in [4.78, 5) is 14.9. The van der Waals surface area contributed by atoms with Gasteiger partial charge in [-0.1, -0.05) is 13.8 Å². The van der Waals surface area contributed by atoms with Crippen LogP contribution in [0.4, 0.5) is 14.5 Å². The summed E-state index contributed by atoms with van der Waals surface area (Å²) >= 11 is 0. The van der Waals surface area contributed by atoms with Gasteiger partial charge in [0.15, 0.2) is 0 Å². The van der Waals surface area contributed by atoms with E-state index in [1.54, 1.807) is 6.92 Å². The smallest absolute Gasteiger partial charge is 0.290 e. The highest BCUT2D eigenvalue weighted by molar-refractivity contribution is 5.70. The molecular weight excluding hydrogens is 324 g/mol. The molecule has 0 saturated heterocycles. The standard InChI is InChI=1S/C19H25F2N3O/c1-6-23(7-2)18-13(5)17(15-9-8-14(20)10-16(15)21)22-24(19(18)25)11-12(3)4/h8-10,12H,6-7,11H2,1-5H3. The van der Waals surface area contributed by atoms with E-state index in [-0.39, 0.29) is 17.0 Å². The molecule has 0 fully saturated rings. The van der Waals surface area contributed by atoms with Gasteiger partial charge >= 0.3 is 0 Å². The molecule has 136 valence electrons. The second-order valence-corrected chi connectivity index (χ2v) is 6.50. The van der Waals surface area contributed by atoms with Crippen molar-refractivity contribution in [1.29, 1.82) is 0 Å². The van der Waals surface area contributed by atoms with E-state index in [2.05, 4.69) is 5.10 Å². The van der Waals surface area contributed by atoms with Crippen LogP contribution in [0.1, 0.15) is 33.3 Å². The molecule has 0 amide bonds. The summed E-state index contributed by atoms with van der Waals surface area (Å²) < 4.78 is 29.0. The van der Waals surface area contributed by atoms with Crippen molar-refractivity contribution in [2.45, 2.75) is 41.2 Å². The monoisotopic (exact) mass is 349 g/mol. The van der Waals surface area contributed by atoms with E-state index < -0.39 is 11.6 Å². The summed E-state index contributed by atoms with van der Waals surface area (Å²) in [6.07, 6.45) is 0. The molecule has 1 heterocycles. The molecule has 25 heavy (non-hydrogen) atoms. The summed E-state index contributed by atoms with van der Waals surface area (Å²) in [7, 11) is 0. The summed E-state index contributed by atoms with van der Waals surface area (Å²) in [5.74, 6) is -1.11. The zero-order valence-corrected chi connectivity index (χ0v) is 15.4. The second kappa shape index (κ2) is 7.76. The van der Waals surface area contributed by atoms with Crippen LogP contribution in [-0.2, 0) is 6.54 Å². The Bertz CT molecular complexity index is 811. The lowest BCUT2D eigenvalue weighted by atomic mass is 10.0. The van der Waals surface area contributed by atoms with Crippen LogP contribution >= 0.6 is 0 Å². The number of benzene rings is 1. The first kappa shape index (κ1) is 19.1. The van der Waals surface area contributed by atoms with Crippen molar-refractivity contribution in [3.8, 4) is 11.3 Å². The molecule has 0 aliphatic rings. The molecule has 0 radical (unpaired) electrons. The topological polar surface area (TPSA) is 38.1 Å². The number of anilines is 1. The van der Waals surface area contributed by atoms with Gasteiger partial charge in [-0.05, 0) is 38.8 Å². The highest BCUT2D eigenvalue weighted by atomic mass is 19.1. The van der Waals surface area contributed by atoms with Gasteiger partial charge in [-0.3, -0.25) is 4.79 Å². The molecule has 6 heteroatoms. The first-order chi connectivity index (χ1) is 11.8. The fraction of sp³-hybridized carbons (Fsp3) is 0.474. The molecule has 0 spiro atoms. The maximum absolute atomic E-state index is 14.3. The third-order valence-corrected chi connectivity index (χ3v) is 4.17. The van der Waals surface area contributed by atoms with E-state index in [1.165, 1.54) is 16.8 Å². The maximum Gasteiger partial charge on any atom is 0.290 e. The molecular formula is C19H25F2N3O. The molecule has 0 N–H and O–H groups in total. The molecule has 2 aromatic rings. The lowest BCUT2D eigenvalue weighted by Gasteiger charge is -2.25. The largest absolute Gasteiger partial charge is 0.367 e.